The van der Waals surface area contributed by atoms with E-state index in [1.165, 1.54) is 7.11 Å². The Bertz CT molecular complexity index is 847. The number of hydrogen-bond acceptors (Lipinski definition) is 7. The van der Waals surface area contributed by atoms with Crippen LogP contribution in [0.25, 0.3) is 0 Å². The van der Waals surface area contributed by atoms with Gasteiger partial charge in [0.1, 0.15) is 17.3 Å². The van der Waals surface area contributed by atoms with Crippen LogP contribution < -0.4 is 10.2 Å². The first-order chi connectivity index (χ1) is 13.0. The first-order valence-corrected chi connectivity index (χ1v) is 8.75. The van der Waals surface area contributed by atoms with Crippen LogP contribution in [-0.4, -0.2) is 67.1 Å². The molecule has 1 aromatic carbocycles. The number of nitrogens with zero attached hydrogens (tertiary/aromatic N) is 4. The molecule has 1 amide bonds. The monoisotopic (exact) mass is 369 g/mol. The summed E-state index contributed by atoms with van der Waals surface area (Å²) in [5.41, 5.74) is 1.16. The number of likely N-dealkylation sites (N-methyl/N-ethyl adjacent to an activating group) is 1. The Hall–Kier alpha value is -3.00. The van der Waals surface area contributed by atoms with Crippen molar-refractivity contribution in [2.24, 2.45) is 0 Å². The van der Waals surface area contributed by atoms with E-state index in [1.54, 1.807) is 37.3 Å². The Balaban J connectivity index is 1.78. The predicted octanol–water partition coefficient (Wildman–Crippen LogP) is 1.58. The number of amides is 1. The highest BCUT2D eigenvalue weighted by Gasteiger charge is 2.18. The van der Waals surface area contributed by atoms with Gasteiger partial charge in [-0.25, -0.2) is 14.8 Å². The van der Waals surface area contributed by atoms with Crippen molar-refractivity contribution in [1.82, 2.24) is 14.9 Å². The van der Waals surface area contributed by atoms with Crippen molar-refractivity contribution in [2.45, 2.75) is 6.92 Å². The Morgan fingerprint density at radius 1 is 1.11 bits per heavy atom. The van der Waals surface area contributed by atoms with E-state index in [0.29, 0.717) is 22.8 Å². The maximum Gasteiger partial charge on any atom is 0.337 e. The van der Waals surface area contributed by atoms with Crippen LogP contribution in [0.3, 0.4) is 0 Å². The summed E-state index contributed by atoms with van der Waals surface area (Å²) >= 11 is 0. The number of nitrogens with one attached hydrogen (secondary N) is 1. The largest absolute Gasteiger partial charge is 0.465 e. The molecule has 0 spiro atoms. The molecule has 1 aromatic heterocycles. The van der Waals surface area contributed by atoms with Crippen LogP contribution in [0.4, 0.5) is 11.5 Å². The van der Waals surface area contributed by atoms with Gasteiger partial charge >= 0.3 is 5.97 Å². The Morgan fingerprint density at radius 2 is 1.85 bits per heavy atom. The van der Waals surface area contributed by atoms with Crippen molar-refractivity contribution in [1.29, 1.82) is 0 Å². The third-order valence-corrected chi connectivity index (χ3v) is 4.43. The van der Waals surface area contributed by atoms with Gasteiger partial charge in [0.05, 0.1) is 12.7 Å². The maximum atomic E-state index is 12.7. The second-order valence-electron chi connectivity index (χ2n) is 6.48. The molecular formula is C19H23N5O3. The fourth-order valence-electron chi connectivity index (χ4n) is 2.90. The maximum absolute atomic E-state index is 12.7. The molecular weight excluding hydrogens is 346 g/mol. The van der Waals surface area contributed by atoms with Crippen LogP contribution in [0, 0.1) is 6.92 Å². The standard InChI is InChI=1S/C19H23N5O3/c1-13-20-16(12-17(21-13)24-9-7-23(2)8-10-24)18(25)22-15-6-4-5-14(11-15)19(26)27-3/h4-6,11-12H,7-10H2,1-3H3,(H,22,25). The van der Waals surface area contributed by atoms with Crippen LogP contribution in [0.15, 0.2) is 30.3 Å². The van der Waals surface area contributed by atoms with Gasteiger partial charge in [-0.1, -0.05) is 6.07 Å². The zero-order chi connectivity index (χ0) is 19.4. The summed E-state index contributed by atoms with van der Waals surface area (Å²) in [7, 11) is 3.40. The number of carbonyl (C=O) groups excluding carboxylic acids is 2. The summed E-state index contributed by atoms with van der Waals surface area (Å²) in [6, 6.07) is 8.29. The number of aryl methyl sites for hydroxylation is 1. The molecule has 3 rings (SSSR count). The number of ether oxygens (including phenoxy) is 1. The molecule has 142 valence electrons. The zero-order valence-electron chi connectivity index (χ0n) is 15.7. The smallest absolute Gasteiger partial charge is 0.337 e. The molecule has 2 heterocycles. The molecule has 0 aliphatic carbocycles. The van der Waals surface area contributed by atoms with Gasteiger partial charge in [-0.15, -0.1) is 0 Å². The topological polar surface area (TPSA) is 87.7 Å². The van der Waals surface area contributed by atoms with Gasteiger partial charge in [-0.2, -0.15) is 0 Å². The molecule has 0 saturated carbocycles. The first-order valence-electron chi connectivity index (χ1n) is 8.75. The fraction of sp³-hybridized carbons (Fsp3) is 0.368. The molecule has 1 saturated heterocycles. The highest BCUT2D eigenvalue weighted by molar-refractivity contribution is 6.04. The van der Waals surface area contributed by atoms with E-state index >= 15 is 0 Å². The lowest BCUT2D eigenvalue weighted by Gasteiger charge is -2.33. The molecule has 8 heteroatoms. The second kappa shape index (κ2) is 8.13. The van der Waals surface area contributed by atoms with Crippen molar-refractivity contribution in [2.75, 3.05) is 50.6 Å². The van der Waals surface area contributed by atoms with Gasteiger partial charge < -0.3 is 19.9 Å². The first kappa shape index (κ1) is 18.8. The SMILES string of the molecule is COC(=O)c1cccc(NC(=O)c2cc(N3CCN(C)CC3)nc(C)n2)c1. The number of hydrogen-bond donors (Lipinski definition) is 1. The van der Waals surface area contributed by atoms with Crippen molar-refractivity contribution >= 4 is 23.4 Å². The summed E-state index contributed by atoms with van der Waals surface area (Å²) in [6.07, 6.45) is 0. The van der Waals surface area contributed by atoms with Crippen LogP contribution in [0.5, 0.6) is 0 Å². The van der Waals surface area contributed by atoms with Crippen molar-refractivity contribution in [3.8, 4) is 0 Å². The van der Waals surface area contributed by atoms with Crippen molar-refractivity contribution in [3.05, 3.63) is 47.4 Å². The summed E-state index contributed by atoms with van der Waals surface area (Å²) < 4.78 is 4.71. The van der Waals surface area contributed by atoms with E-state index in [-0.39, 0.29) is 5.91 Å². The zero-order valence-corrected chi connectivity index (χ0v) is 15.7. The molecule has 1 N–H and O–H groups in total. The highest BCUT2D eigenvalue weighted by Crippen LogP contribution is 2.17. The lowest BCUT2D eigenvalue weighted by Crippen LogP contribution is -2.45. The Kier molecular flexibility index (Phi) is 5.66. The van der Waals surface area contributed by atoms with Crippen molar-refractivity contribution < 1.29 is 14.3 Å². The van der Waals surface area contributed by atoms with Gasteiger partial charge in [0.25, 0.3) is 5.91 Å². The molecule has 0 radical (unpaired) electrons. The van der Waals surface area contributed by atoms with E-state index in [9.17, 15) is 9.59 Å². The van der Waals surface area contributed by atoms with Gasteiger partial charge in [-0.3, -0.25) is 4.79 Å². The Labute approximate surface area is 158 Å². The minimum atomic E-state index is -0.457. The molecule has 2 aromatic rings. The number of methoxy groups -OCH3 is 1. The molecule has 0 bridgehead atoms. The molecule has 1 fully saturated rings. The Morgan fingerprint density at radius 3 is 2.56 bits per heavy atom. The molecule has 0 atom stereocenters. The molecule has 0 unspecified atom stereocenters. The van der Waals surface area contributed by atoms with Gasteiger partial charge in [0.2, 0.25) is 0 Å². The number of piperazine rings is 1. The number of esters is 1. The van der Waals surface area contributed by atoms with Gasteiger partial charge in [0, 0.05) is 37.9 Å². The molecule has 8 nitrogen and oxygen atoms in total. The summed E-state index contributed by atoms with van der Waals surface area (Å²) in [5, 5.41) is 2.78. The van der Waals surface area contributed by atoms with Gasteiger partial charge in [-0.05, 0) is 32.2 Å². The highest BCUT2D eigenvalue weighted by atomic mass is 16.5. The van der Waals surface area contributed by atoms with Crippen LogP contribution in [0.2, 0.25) is 0 Å². The summed E-state index contributed by atoms with van der Waals surface area (Å²) in [5.74, 6) is 0.489. The third-order valence-electron chi connectivity index (χ3n) is 4.43. The third kappa shape index (κ3) is 4.59. The second-order valence-corrected chi connectivity index (χ2v) is 6.48. The van der Waals surface area contributed by atoms with Crippen LogP contribution in [-0.2, 0) is 4.74 Å². The number of anilines is 2. The minimum Gasteiger partial charge on any atom is -0.465 e. The molecule has 27 heavy (non-hydrogen) atoms. The van der Waals surface area contributed by atoms with E-state index < -0.39 is 5.97 Å². The lowest BCUT2D eigenvalue weighted by atomic mass is 10.2. The summed E-state index contributed by atoms with van der Waals surface area (Å²) in [6.45, 7) is 5.38. The molecule has 1 aliphatic rings. The minimum absolute atomic E-state index is 0.292. The van der Waals surface area contributed by atoms with Gasteiger partial charge in [0.15, 0.2) is 0 Å². The number of benzene rings is 1. The van der Waals surface area contributed by atoms with Crippen LogP contribution in [0.1, 0.15) is 26.7 Å². The van der Waals surface area contributed by atoms with E-state index in [1.807, 2.05) is 0 Å². The predicted molar refractivity (Wildman–Crippen MR) is 102 cm³/mol. The normalized spacial score (nSPS) is 14.7. The lowest BCUT2D eigenvalue weighted by molar-refractivity contribution is 0.0600. The summed E-state index contributed by atoms with van der Waals surface area (Å²) in [4.78, 5) is 37.5. The average molecular weight is 369 g/mol. The molecule has 1 aliphatic heterocycles. The average Bonchev–Trinajstić information content (AvgIpc) is 2.67. The number of aromatic nitrogens is 2. The van der Waals surface area contributed by atoms with Crippen LogP contribution >= 0.6 is 0 Å². The van der Waals surface area contributed by atoms with E-state index in [0.717, 1.165) is 32.0 Å². The number of rotatable bonds is 4. The number of carbonyl (C=O) groups is 2. The fourth-order valence-corrected chi connectivity index (χ4v) is 2.90. The van der Waals surface area contributed by atoms with E-state index in [4.69, 9.17) is 4.74 Å². The van der Waals surface area contributed by atoms with E-state index in [2.05, 4.69) is 32.1 Å². The quantitative estimate of drug-likeness (QED) is 0.819. The van der Waals surface area contributed by atoms with Crippen molar-refractivity contribution in [3.63, 3.8) is 0 Å².